The molecule has 6 nitrogen and oxygen atoms in total. The Morgan fingerprint density at radius 1 is 1.20 bits per heavy atom. The second kappa shape index (κ2) is 10.5. The Kier molecular flexibility index (Phi) is 7.23. The summed E-state index contributed by atoms with van der Waals surface area (Å²) in [6.07, 6.45) is 6.73. The van der Waals surface area contributed by atoms with Crippen LogP contribution in [0.3, 0.4) is 0 Å². The van der Waals surface area contributed by atoms with Crippen LogP contribution in [-0.2, 0) is 35.2 Å². The third-order valence-electron chi connectivity index (χ3n) is 6.31. The number of aromatic nitrogens is 1. The molecule has 0 saturated heterocycles. The number of thioether (sulfide) groups is 1. The largest absolute Gasteiger partial charge is 0.462 e. The first-order chi connectivity index (χ1) is 17.1. The van der Waals surface area contributed by atoms with Gasteiger partial charge in [0, 0.05) is 21.0 Å². The molecule has 1 amide bonds. The van der Waals surface area contributed by atoms with E-state index in [0.717, 1.165) is 71.5 Å². The first-order valence-corrected chi connectivity index (χ1v) is 14.5. The summed E-state index contributed by atoms with van der Waals surface area (Å²) in [6, 6.07) is 6.39. The highest BCUT2D eigenvalue weighted by Crippen LogP contribution is 2.41. The fourth-order valence-electron chi connectivity index (χ4n) is 4.83. The number of hydrogen-bond acceptors (Lipinski definition) is 8. The van der Waals surface area contributed by atoms with Gasteiger partial charge in [-0.3, -0.25) is 4.79 Å². The number of aryl methyl sites for hydroxylation is 2. The molecular weight excluding hydrogens is 499 g/mol. The van der Waals surface area contributed by atoms with Crippen LogP contribution in [-0.4, -0.2) is 29.2 Å². The van der Waals surface area contributed by atoms with Crippen LogP contribution in [0.1, 0.15) is 63.8 Å². The minimum Gasteiger partial charge on any atom is -0.462 e. The topological polar surface area (TPSA) is 92.1 Å². The second-order valence-electron chi connectivity index (χ2n) is 8.51. The molecule has 0 bridgehead atoms. The Hall–Kier alpha value is -2.67. The summed E-state index contributed by atoms with van der Waals surface area (Å²) in [5.41, 5.74) is 5.26. The Balaban J connectivity index is 1.39. The van der Waals surface area contributed by atoms with Crippen LogP contribution in [0, 0.1) is 11.3 Å². The van der Waals surface area contributed by atoms with E-state index in [2.05, 4.69) is 11.4 Å². The fourth-order valence-corrected chi connectivity index (χ4v) is 7.73. The molecule has 9 heteroatoms. The average molecular weight is 524 g/mol. The van der Waals surface area contributed by atoms with Crippen molar-refractivity contribution in [2.24, 2.45) is 0 Å². The van der Waals surface area contributed by atoms with Crippen LogP contribution >= 0.6 is 34.4 Å². The van der Waals surface area contributed by atoms with Crippen LogP contribution in [0.25, 0.3) is 10.4 Å². The van der Waals surface area contributed by atoms with Crippen molar-refractivity contribution in [2.75, 3.05) is 17.7 Å². The summed E-state index contributed by atoms with van der Waals surface area (Å²) in [4.78, 5) is 32.7. The number of carbonyl (C=O) groups is 2. The van der Waals surface area contributed by atoms with Gasteiger partial charge in [-0.2, -0.15) is 5.26 Å². The maximum atomic E-state index is 13.0. The molecular formula is C26H25N3O3S3. The predicted octanol–water partition coefficient (Wildman–Crippen LogP) is 6.02. The highest BCUT2D eigenvalue weighted by atomic mass is 32.2. The van der Waals surface area contributed by atoms with Crippen molar-refractivity contribution < 1.29 is 14.3 Å². The molecule has 0 atom stereocenters. The molecule has 2 aliphatic carbocycles. The molecule has 0 unspecified atom stereocenters. The van der Waals surface area contributed by atoms with E-state index >= 15 is 0 Å². The quantitative estimate of drug-likeness (QED) is 0.301. The normalized spacial score (nSPS) is 14.2. The van der Waals surface area contributed by atoms with Crippen molar-refractivity contribution in [1.82, 2.24) is 4.98 Å². The van der Waals surface area contributed by atoms with Gasteiger partial charge in [-0.25, -0.2) is 9.78 Å². The van der Waals surface area contributed by atoms with E-state index in [1.54, 1.807) is 18.3 Å². The Morgan fingerprint density at radius 2 is 2.03 bits per heavy atom. The van der Waals surface area contributed by atoms with Gasteiger partial charge in [-0.05, 0) is 74.4 Å². The van der Waals surface area contributed by atoms with Gasteiger partial charge >= 0.3 is 5.97 Å². The number of amides is 1. The minimum absolute atomic E-state index is 0.106. The Bertz CT molecular complexity index is 1320. The van der Waals surface area contributed by atoms with Gasteiger partial charge in [-0.1, -0.05) is 17.8 Å². The number of nitriles is 1. The van der Waals surface area contributed by atoms with E-state index in [1.807, 2.05) is 17.5 Å². The van der Waals surface area contributed by atoms with Crippen molar-refractivity contribution in [3.8, 4) is 16.5 Å². The van der Waals surface area contributed by atoms with E-state index in [1.165, 1.54) is 28.7 Å². The van der Waals surface area contributed by atoms with Crippen molar-refractivity contribution in [1.29, 1.82) is 5.26 Å². The summed E-state index contributed by atoms with van der Waals surface area (Å²) in [5.74, 6) is -0.486. The fraction of sp³-hybridized carbons (Fsp3) is 0.385. The van der Waals surface area contributed by atoms with Gasteiger partial charge in [0.1, 0.15) is 16.1 Å². The number of fused-ring (bicyclic) bond motifs is 2. The van der Waals surface area contributed by atoms with Crippen molar-refractivity contribution in [2.45, 2.75) is 56.9 Å². The van der Waals surface area contributed by atoms with Crippen LogP contribution < -0.4 is 5.32 Å². The number of ether oxygens (including phenoxy) is 1. The number of thiophene rings is 2. The lowest BCUT2D eigenvalue weighted by Crippen LogP contribution is -2.17. The lowest BCUT2D eigenvalue weighted by molar-refractivity contribution is -0.113. The maximum absolute atomic E-state index is 13.0. The summed E-state index contributed by atoms with van der Waals surface area (Å²) in [5, 5.41) is 16.2. The molecule has 0 aliphatic heterocycles. The number of pyridine rings is 1. The van der Waals surface area contributed by atoms with Crippen LogP contribution in [0.5, 0.6) is 0 Å². The maximum Gasteiger partial charge on any atom is 0.341 e. The molecule has 0 spiro atoms. The molecule has 2 aliphatic rings. The Morgan fingerprint density at radius 3 is 2.80 bits per heavy atom. The number of nitrogens with one attached hydrogen (secondary N) is 1. The zero-order valence-corrected chi connectivity index (χ0v) is 21.9. The number of carbonyl (C=O) groups excluding carboxylic acids is 2. The molecule has 180 valence electrons. The van der Waals surface area contributed by atoms with Gasteiger partial charge in [0.05, 0.1) is 23.5 Å². The standard InChI is InChI=1S/C26H25N3O3S3/c1-2-32-26(31)23-16-7-3-4-10-19(16)35-25(23)29-21(30)14-34-24-17(13-27)22(20-11-6-12-33-20)15-8-5-9-18(15)28-24/h6,11-12H,2-5,7-10,14H2,1H3,(H,29,30). The van der Waals surface area contributed by atoms with Crippen molar-refractivity contribution in [3.05, 3.63) is 50.3 Å². The number of hydrogen-bond donors (Lipinski definition) is 1. The zero-order chi connectivity index (χ0) is 24.4. The zero-order valence-electron chi connectivity index (χ0n) is 19.4. The first kappa shape index (κ1) is 24.0. The molecule has 0 radical (unpaired) electrons. The van der Waals surface area contributed by atoms with Gasteiger partial charge in [-0.15, -0.1) is 22.7 Å². The molecule has 3 aromatic heterocycles. The monoisotopic (exact) mass is 523 g/mol. The van der Waals surface area contributed by atoms with E-state index in [9.17, 15) is 14.9 Å². The van der Waals surface area contributed by atoms with Crippen LogP contribution in [0.4, 0.5) is 5.00 Å². The van der Waals surface area contributed by atoms with Crippen LogP contribution in [0.15, 0.2) is 22.5 Å². The molecule has 5 rings (SSSR count). The van der Waals surface area contributed by atoms with Gasteiger partial charge < -0.3 is 10.1 Å². The van der Waals surface area contributed by atoms with E-state index in [4.69, 9.17) is 9.72 Å². The van der Waals surface area contributed by atoms with E-state index in [-0.39, 0.29) is 17.6 Å². The molecule has 35 heavy (non-hydrogen) atoms. The summed E-state index contributed by atoms with van der Waals surface area (Å²) in [7, 11) is 0. The highest BCUT2D eigenvalue weighted by molar-refractivity contribution is 8.00. The smallest absolute Gasteiger partial charge is 0.341 e. The Labute approximate surface area is 216 Å². The second-order valence-corrected chi connectivity index (χ2v) is 11.5. The third-order valence-corrected chi connectivity index (χ3v) is 9.38. The number of anilines is 1. The summed E-state index contributed by atoms with van der Waals surface area (Å²) >= 11 is 4.38. The lowest BCUT2D eigenvalue weighted by Gasteiger charge is -2.13. The third kappa shape index (κ3) is 4.75. The van der Waals surface area contributed by atoms with E-state index in [0.29, 0.717) is 27.8 Å². The van der Waals surface area contributed by atoms with Gasteiger partial charge in [0.25, 0.3) is 0 Å². The molecule has 1 N–H and O–H groups in total. The predicted molar refractivity (Wildman–Crippen MR) is 141 cm³/mol. The number of nitrogens with zero attached hydrogens (tertiary/aromatic N) is 2. The SMILES string of the molecule is CCOC(=O)c1c(NC(=O)CSc2nc3c(c(-c4cccs4)c2C#N)CCC3)sc2c1CCCC2. The van der Waals surface area contributed by atoms with Crippen molar-refractivity contribution >= 4 is 51.3 Å². The molecule has 0 fully saturated rings. The van der Waals surface area contributed by atoms with Crippen molar-refractivity contribution in [3.63, 3.8) is 0 Å². The molecule has 0 aromatic carbocycles. The molecule has 3 heterocycles. The lowest BCUT2D eigenvalue weighted by atomic mass is 9.95. The first-order valence-electron chi connectivity index (χ1n) is 11.8. The van der Waals surface area contributed by atoms with Gasteiger partial charge in [0.2, 0.25) is 5.91 Å². The summed E-state index contributed by atoms with van der Waals surface area (Å²) < 4.78 is 5.29. The molecule has 3 aromatic rings. The van der Waals surface area contributed by atoms with Gasteiger partial charge in [0.15, 0.2) is 0 Å². The van der Waals surface area contributed by atoms with Crippen LogP contribution in [0.2, 0.25) is 0 Å². The van der Waals surface area contributed by atoms with E-state index < -0.39 is 0 Å². The minimum atomic E-state index is -0.373. The highest BCUT2D eigenvalue weighted by Gasteiger charge is 2.28. The molecule has 0 saturated carbocycles. The average Bonchev–Trinajstić information content (AvgIpc) is 3.61. The number of rotatable bonds is 7. The number of esters is 1. The summed E-state index contributed by atoms with van der Waals surface area (Å²) in [6.45, 7) is 2.08.